The van der Waals surface area contributed by atoms with E-state index in [4.69, 9.17) is 0 Å². The lowest BCUT2D eigenvalue weighted by molar-refractivity contribution is 1.62. The van der Waals surface area contributed by atoms with Crippen LogP contribution in [0.1, 0.15) is 5.56 Å². The van der Waals surface area contributed by atoms with E-state index in [1.165, 1.54) is 0 Å². The van der Waals surface area contributed by atoms with Gasteiger partial charge in [0.25, 0.3) is 0 Å². The Kier molecular flexibility index (Phi) is 7.63. The molecule has 0 amide bonds. The molecule has 0 nitrogen and oxygen atoms in total. The summed E-state index contributed by atoms with van der Waals surface area (Å²) in [6.45, 7) is 3.72. The highest BCUT2D eigenvalue weighted by Crippen LogP contribution is 1.92. The first-order valence-corrected chi connectivity index (χ1v) is 2.26. The Hall–Kier alpha value is -0.200. The third-order valence-corrected chi connectivity index (χ3v) is 0.843. The molecule has 0 unspecified atom stereocenters. The van der Waals surface area contributed by atoms with Crippen molar-refractivity contribution < 1.29 is 0 Å². The Bertz CT molecular complexity index is 137. The fourth-order valence-electron chi connectivity index (χ4n) is 0.478. The van der Waals surface area contributed by atoms with Gasteiger partial charge in [-0.05, 0) is 12.5 Å². The molecule has 0 aliphatic heterocycles. The van der Waals surface area contributed by atoms with Crippen LogP contribution in [0.2, 0.25) is 0 Å². The fraction of sp³-hybridized carbons (Fsp3) is 0. The molecule has 0 bridgehead atoms. The first-order valence-electron chi connectivity index (χ1n) is 2.26. The van der Waals surface area contributed by atoms with Crippen molar-refractivity contribution in [3.63, 3.8) is 0 Å². The lowest BCUT2D eigenvalue weighted by Crippen LogP contribution is -1.62. The molecule has 0 fully saturated rings. The molecule has 9 heavy (non-hydrogen) atoms. The molecule has 0 saturated heterocycles. The van der Waals surface area contributed by atoms with Gasteiger partial charge in [-0.25, -0.2) is 0 Å². The number of rotatable bonds is 0. The maximum atomic E-state index is 3.72. The van der Waals surface area contributed by atoms with Crippen molar-refractivity contribution in [1.82, 2.24) is 0 Å². The number of benzene rings is 1. The van der Waals surface area contributed by atoms with Crippen LogP contribution in [-0.2, 0) is 0 Å². The molecule has 0 atom stereocenters. The molecule has 1 aromatic rings. The van der Waals surface area contributed by atoms with E-state index in [1.54, 1.807) is 0 Å². The van der Waals surface area contributed by atoms with Crippen molar-refractivity contribution in [1.29, 1.82) is 0 Å². The van der Waals surface area contributed by atoms with Gasteiger partial charge in [0.1, 0.15) is 0 Å². The zero-order valence-electron chi connectivity index (χ0n) is 4.91. The van der Waals surface area contributed by atoms with Crippen LogP contribution in [0.3, 0.4) is 0 Å². The molecule has 51 valence electrons. The first kappa shape index (κ1) is 11.6. The molecule has 1 aromatic carbocycles. The third kappa shape index (κ3) is 4.31. The second kappa shape index (κ2) is 5.93. The van der Waals surface area contributed by atoms with Crippen LogP contribution in [0.4, 0.5) is 0 Å². The molecule has 1 radical (unpaired) electrons. The van der Waals surface area contributed by atoms with E-state index < -0.39 is 0 Å². The summed E-state index contributed by atoms with van der Waals surface area (Å²) in [6.07, 6.45) is 0. The lowest BCUT2D eigenvalue weighted by Gasteiger charge is -1.82. The van der Waals surface area contributed by atoms with Crippen LogP contribution in [0.15, 0.2) is 30.3 Å². The van der Waals surface area contributed by atoms with Gasteiger partial charge in [-0.15, -0.1) is 24.8 Å². The number of hydrogen-bond acceptors (Lipinski definition) is 0. The standard InChI is InChI=1S/C7H7.2ClH/c1-7-5-3-2-4-6-7;;/h2-6H,1H2;2*1H. The zero-order chi connectivity index (χ0) is 5.11. The highest BCUT2D eigenvalue weighted by atomic mass is 35.5. The second-order valence-electron chi connectivity index (χ2n) is 1.49. The van der Waals surface area contributed by atoms with Crippen LogP contribution < -0.4 is 0 Å². The number of hydrogen-bond donors (Lipinski definition) is 0. The van der Waals surface area contributed by atoms with Gasteiger partial charge >= 0.3 is 0 Å². The van der Waals surface area contributed by atoms with Crippen molar-refractivity contribution in [3.8, 4) is 0 Å². The summed E-state index contributed by atoms with van der Waals surface area (Å²) in [5.74, 6) is 0. The van der Waals surface area contributed by atoms with Crippen LogP contribution in [0.25, 0.3) is 0 Å². The van der Waals surface area contributed by atoms with E-state index in [-0.39, 0.29) is 24.8 Å². The Morgan fingerprint density at radius 2 is 1.33 bits per heavy atom. The largest absolute Gasteiger partial charge is 0.147 e. The molecule has 0 heterocycles. The smallest absolute Gasteiger partial charge is 0.0238 e. The lowest BCUT2D eigenvalue weighted by atomic mass is 10.2. The Balaban J connectivity index is 0. The van der Waals surface area contributed by atoms with E-state index in [0.29, 0.717) is 0 Å². The van der Waals surface area contributed by atoms with Crippen LogP contribution in [-0.4, -0.2) is 0 Å². The highest BCUT2D eigenvalue weighted by Gasteiger charge is 1.72. The van der Waals surface area contributed by atoms with Gasteiger partial charge < -0.3 is 0 Å². The summed E-state index contributed by atoms with van der Waals surface area (Å²) in [7, 11) is 0. The third-order valence-electron chi connectivity index (χ3n) is 0.843. The quantitative estimate of drug-likeness (QED) is 0.553. The normalized spacial score (nSPS) is 6.78. The minimum atomic E-state index is 0. The van der Waals surface area contributed by atoms with Crippen molar-refractivity contribution in [2.24, 2.45) is 0 Å². The van der Waals surface area contributed by atoms with E-state index in [9.17, 15) is 0 Å². The Morgan fingerprint density at radius 3 is 1.56 bits per heavy atom. The molecule has 0 spiro atoms. The van der Waals surface area contributed by atoms with Crippen molar-refractivity contribution in [3.05, 3.63) is 42.8 Å². The van der Waals surface area contributed by atoms with Gasteiger partial charge in [-0.3, -0.25) is 0 Å². The summed E-state index contributed by atoms with van der Waals surface area (Å²) in [4.78, 5) is 0. The van der Waals surface area contributed by atoms with Crippen molar-refractivity contribution in [2.75, 3.05) is 0 Å². The molecule has 0 aliphatic carbocycles. The summed E-state index contributed by atoms with van der Waals surface area (Å²) in [5.41, 5.74) is 1.07. The molecular weight excluding hydrogens is 155 g/mol. The molecule has 0 aliphatic rings. The second-order valence-corrected chi connectivity index (χ2v) is 1.49. The summed E-state index contributed by atoms with van der Waals surface area (Å²) in [5, 5.41) is 0. The molecular formula is C7H9Cl2. The Labute approximate surface area is 68.1 Å². The average molecular weight is 164 g/mol. The van der Waals surface area contributed by atoms with Crippen molar-refractivity contribution in [2.45, 2.75) is 0 Å². The Morgan fingerprint density at radius 1 is 0.889 bits per heavy atom. The fourth-order valence-corrected chi connectivity index (χ4v) is 0.478. The minimum Gasteiger partial charge on any atom is -0.147 e. The summed E-state index contributed by atoms with van der Waals surface area (Å²) < 4.78 is 0. The van der Waals surface area contributed by atoms with Crippen LogP contribution >= 0.6 is 24.8 Å². The predicted octanol–water partition coefficient (Wildman–Crippen LogP) is 2.71. The maximum Gasteiger partial charge on any atom is -0.0238 e. The summed E-state index contributed by atoms with van der Waals surface area (Å²) >= 11 is 0. The SMILES string of the molecule is Cl.Cl.[CH2]c1ccccc1. The van der Waals surface area contributed by atoms with Crippen molar-refractivity contribution >= 4 is 24.8 Å². The predicted molar refractivity (Wildman–Crippen MR) is 45.4 cm³/mol. The summed E-state index contributed by atoms with van der Waals surface area (Å²) in [6, 6.07) is 9.87. The number of halogens is 2. The van der Waals surface area contributed by atoms with Crippen LogP contribution in [0, 0.1) is 6.92 Å². The zero-order valence-corrected chi connectivity index (χ0v) is 6.54. The van der Waals surface area contributed by atoms with E-state index >= 15 is 0 Å². The topological polar surface area (TPSA) is 0 Å². The molecule has 0 aromatic heterocycles. The molecule has 0 saturated carbocycles. The average Bonchev–Trinajstić information content (AvgIpc) is 1.69. The monoisotopic (exact) mass is 163 g/mol. The minimum absolute atomic E-state index is 0. The molecule has 1 rings (SSSR count). The molecule has 2 heteroatoms. The van der Waals surface area contributed by atoms with Gasteiger partial charge in [0.15, 0.2) is 0 Å². The van der Waals surface area contributed by atoms with Gasteiger partial charge in [-0.1, -0.05) is 30.3 Å². The highest BCUT2D eigenvalue weighted by molar-refractivity contribution is 5.85. The van der Waals surface area contributed by atoms with E-state index in [2.05, 4.69) is 6.92 Å². The van der Waals surface area contributed by atoms with Gasteiger partial charge in [0, 0.05) is 0 Å². The van der Waals surface area contributed by atoms with Gasteiger partial charge in [0.05, 0.1) is 0 Å². The molecule has 0 N–H and O–H groups in total. The maximum absolute atomic E-state index is 3.72. The van der Waals surface area contributed by atoms with Gasteiger partial charge in [0.2, 0.25) is 0 Å². The van der Waals surface area contributed by atoms with E-state index in [0.717, 1.165) is 5.56 Å². The van der Waals surface area contributed by atoms with Gasteiger partial charge in [-0.2, -0.15) is 0 Å². The van der Waals surface area contributed by atoms with Crippen LogP contribution in [0.5, 0.6) is 0 Å². The van der Waals surface area contributed by atoms with E-state index in [1.807, 2.05) is 30.3 Å². The first-order chi connectivity index (χ1) is 3.39.